The maximum atomic E-state index is 10.9. The summed E-state index contributed by atoms with van der Waals surface area (Å²) in [6.07, 6.45) is -7.64. The molecule has 100 valence electrons. The lowest BCUT2D eigenvalue weighted by Crippen LogP contribution is -2.61. The zero-order valence-electron chi connectivity index (χ0n) is 9.90. The lowest BCUT2D eigenvalue weighted by molar-refractivity contribution is -0.298. The Kier molecular flexibility index (Phi) is 4.11. The molecule has 0 aromatic carbocycles. The molecule has 7 nitrogen and oxygen atoms in total. The first-order valence-corrected chi connectivity index (χ1v) is 5.24. The lowest BCUT2D eigenvalue weighted by atomic mass is 9.97. The van der Waals surface area contributed by atoms with Crippen LogP contribution in [0.1, 0.15) is 20.8 Å². The minimum absolute atomic E-state index is 0.718. The van der Waals surface area contributed by atoms with Crippen LogP contribution in [0.2, 0.25) is 0 Å². The molecule has 17 heavy (non-hydrogen) atoms. The maximum Gasteiger partial charge on any atom is 0.335 e. The molecule has 1 saturated heterocycles. The average Bonchev–Trinajstić information content (AvgIpc) is 2.16. The van der Waals surface area contributed by atoms with E-state index in [0.29, 0.717) is 0 Å². The van der Waals surface area contributed by atoms with Crippen molar-refractivity contribution in [2.45, 2.75) is 57.1 Å². The Balaban J connectivity index is 2.90. The Morgan fingerprint density at radius 2 is 1.71 bits per heavy atom. The average molecular weight is 250 g/mol. The van der Waals surface area contributed by atoms with Gasteiger partial charge in [0.05, 0.1) is 5.60 Å². The molecule has 0 aromatic heterocycles. The van der Waals surface area contributed by atoms with Gasteiger partial charge in [0.2, 0.25) is 0 Å². The lowest BCUT2D eigenvalue weighted by Gasteiger charge is -2.41. The molecule has 0 bridgehead atoms. The smallest absolute Gasteiger partial charge is 0.335 e. The molecule has 0 radical (unpaired) electrons. The molecule has 0 saturated carbocycles. The molecule has 0 spiro atoms. The van der Waals surface area contributed by atoms with Crippen molar-refractivity contribution in [2.75, 3.05) is 0 Å². The van der Waals surface area contributed by atoms with Gasteiger partial charge in [-0.2, -0.15) is 0 Å². The van der Waals surface area contributed by atoms with Gasteiger partial charge in [0.1, 0.15) is 18.3 Å². The van der Waals surface area contributed by atoms with Crippen molar-refractivity contribution in [2.24, 2.45) is 0 Å². The van der Waals surface area contributed by atoms with Crippen molar-refractivity contribution in [3.63, 3.8) is 0 Å². The van der Waals surface area contributed by atoms with Crippen molar-refractivity contribution >= 4 is 5.97 Å². The van der Waals surface area contributed by atoms with E-state index in [0.717, 1.165) is 0 Å². The van der Waals surface area contributed by atoms with Crippen LogP contribution in [-0.2, 0) is 14.3 Å². The van der Waals surface area contributed by atoms with Crippen LogP contribution in [0.25, 0.3) is 0 Å². The SMILES string of the molecule is CC(C)(C)O[C@H]1C(C(=O)O)O[C@H](O)[C@H](O)C1O. The number of hydrogen-bond donors (Lipinski definition) is 4. The van der Waals surface area contributed by atoms with E-state index in [1.165, 1.54) is 0 Å². The van der Waals surface area contributed by atoms with E-state index in [-0.39, 0.29) is 0 Å². The number of aliphatic hydroxyl groups is 3. The highest BCUT2D eigenvalue weighted by Gasteiger charge is 2.49. The fraction of sp³-hybridized carbons (Fsp3) is 0.900. The topological polar surface area (TPSA) is 116 Å². The molecular weight excluding hydrogens is 232 g/mol. The predicted molar refractivity (Wildman–Crippen MR) is 55.2 cm³/mol. The molecule has 4 N–H and O–H groups in total. The van der Waals surface area contributed by atoms with Gasteiger partial charge < -0.3 is 29.9 Å². The largest absolute Gasteiger partial charge is 0.479 e. The fourth-order valence-corrected chi connectivity index (χ4v) is 1.59. The number of carbonyl (C=O) groups is 1. The van der Waals surface area contributed by atoms with Crippen molar-refractivity contribution in [1.82, 2.24) is 0 Å². The van der Waals surface area contributed by atoms with Crippen LogP contribution < -0.4 is 0 Å². The third-order valence-corrected chi connectivity index (χ3v) is 2.30. The molecule has 2 unspecified atom stereocenters. The van der Waals surface area contributed by atoms with Crippen LogP contribution in [0.15, 0.2) is 0 Å². The van der Waals surface area contributed by atoms with Gasteiger partial charge in [-0.05, 0) is 20.8 Å². The minimum atomic E-state index is -1.74. The first kappa shape index (κ1) is 14.3. The number of ether oxygens (including phenoxy) is 2. The summed E-state index contributed by atoms with van der Waals surface area (Å²) in [6, 6.07) is 0. The Morgan fingerprint density at radius 1 is 1.18 bits per heavy atom. The van der Waals surface area contributed by atoms with Crippen molar-refractivity contribution in [3.8, 4) is 0 Å². The molecule has 1 aliphatic heterocycles. The highest BCUT2D eigenvalue weighted by Crippen LogP contribution is 2.26. The Bertz CT molecular complexity index is 285. The summed E-state index contributed by atoms with van der Waals surface area (Å²) in [6.45, 7) is 5.03. The summed E-state index contributed by atoms with van der Waals surface area (Å²) in [5.41, 5.74) is -0.718. The van der Waals surface area contributed by atoms with Crippen LogP contribution in [-0.4, -0.2) is 62.7 Å². The third-order valence-electron chi connectivity index (χ3n) is 2.30. The van der Waals surface area contributed by atoms with Gasteiger partial charge in [0.15, 0.2) is 12.4 Å². The molecule has 1 fully saturated rings. The molecular formula is C10H18O7. The molecule has 0 aromatic rings. The molecule has 1 heterocycles. The summed E-state index contributed by atoms with van der Waals surface area (Å²) >= 11 is 0. The van der Waals surface area contributed by atoms with E-state index in [1.807, 2.05) is 0 Å². The zero-order valence-corrected chi connectivity index (χ0v) is 9.90. The second-order valence-electron chi connectivity index (χ2n) is 4.96. The molecule has 1 rings (SSSR count). The van der Waals surface area contributed by atoms with Crippen LogP contribution in [0, 0.1) is 0 Å². The van der Waals surface area contributed by atoms with E-state index in [9.17, 15) is 20.1 Å². The highest BCUT2D eigenvalue weighted by molar-refractivity contribution is 5.73. The van der Waals surface area contributed by atoms with E-state index in [2.05, 4.69) is 0 Å². The van der Waals surface area contributed by atoms with Crippen molar-refractivity contribution < 1.29 is 34.7 Å². The minimum Gasteiger partial charge on any atom is -0.479 e. The van der Waals surface area contributed by atoms with Gasteiger partial charge in [0.25, 0.3) is 0 Å². The summed E-state index contributed by atoms with van der Waals surface area (Å²) in [5, 5.41) is 37.3. The normalized spacial score (nSPS) is 39.1. The standard InChI is InChI=1S/C10H18O7/c1-10(2,3)17-6-4(11)5(12)9(15)16-7(6)8(13)14/h4-7,9,11-12,15H,1-3H3,(H,13,14)/t4?,5-,6-,7?,9+/m1/s1. The first-order chi connectivity index (χ1) is 7.63. The number of carboxylic acids is 1. The van der Waals surface area contributed by atoms with Crippen LogP contribution in [0.3, 0.4) is 0 Å². The zero-order chi connectivity index (χ0) is 13.4. The Morgan fingerprint density at radius 3 is 2.12 bits per heavy atom. The fourth-order valence-electron chi connectivity index (χ4n) is 1.59. The van der Waals surface area contributed by atoms with Gasteiger partial charge >= 0.3 is 5.97 Å². The Labute approximate surface area is 98.6 Å². The number of hydrogen-bond acceptors (Lipinski definition) is 6. The number of carboxylic acid groups (broad SMARTS) is 1. The Hall–Kier alpha value is -0.730. The quantitative estimate of drug-likeness (QED) is 0.481. The van der Waals surface area contributed by atoms with Crippen LogP contribution in [0.5, 0.6) is 0 Å². The van der Waals surface area contributed by atoms with Crippen LogP contribution >= 0.6 is 0 Å². The molecule has 7 heteroatoms. The second-order valence-corrected chi connectivity index (χ2v) is 4.96. The van der Waals surface area contributed by atoms with Crippen molar-refractivity contribution in [1.29, 1.82) is 0 Å². The first-order valence-electron chi connectivity index (χ1n) is 5.24. The molecule has 0 amide bonds. The summed E-state index contributed by atoms with van der Waals surface area (Å²) in [7, 11) is 0. The summed E-state index contributed by atoms with van der Waals surface area (Å²) < 4.78 is 10.1. The van der Waals surface area contributed by atoms with E-state index in [4.69, 9.17) is 14.6 Å². The highest BCUT2D eigenvalue weighted by atomic mass is 16.7. The van der Waals surface area contributed by atoms with Gasteiger partial charge in [0, 0.05) is 0 Å². The van der Waals surface area contributed by atoms with E-state index >= 15 is 0 Å². The maximum absolute atomic E-state index is 10.9. The van der Waals surface area contributed by atoms with Crippen LogP contribution in [0.4, 0.5) is 0 Å². The summed E-state index contributed by atoms with van der Waals surface area (Å²) in [5.74, 6) is -1.37. The van der Waals surface area contributed by atoms with Crippen molar-refractivity contribution in [3.05, 3.63) is 0 Å². The van der Waals surface area contributed by atoms with Gasteiger partial charge in [-0.15, -0.1) is 0 Å². The third kappa shape index (κ3) is 3.36. The number of aliphatic hydroxyl groups excluding tert-OH is 3. The van der Waals surface area contributed by atoms with Gasteiger partial charge in [-0.3, -0.25) is 0 Å². The predicted octanol–water partition coefficient (Wildman–Crippen LogP) is -1.31. The second kappa shape index (κ2) is 4.87. The van der Waals surface area contributed by atoms with Gasteiger partial charge in [-0.1, -0.05) is 0 Å². The molecule has 1 aliphatic rings. The summed E-state index contributed by atoms with van der Waals surface area (Å²) in [4.78, 5) is 10.9. The van der Waals surface area contributed by atoms with E-state index < -0.39 is 42.3 Å². The molecule has 5 atom stereocenters. The number of aliphatic carboxylic acids is 1. The van der Waals surface area contributed by atoms with E-state index in [1.54, 1.807) is 20.8 Å². The van der Waals surface area contributed by atoms with Gasteiger partial charge in [-0.25, -0.2) is 4.79 Å². The number of rotatable bonds is 2. The molecule has 0 aliphatic carbocycles. The monoisotopic (exact) mass is 250 g/mol.